The van der Waals surface area contributed by atoms with Crippen LogP contribution >= 0.6 is 0 Å². The molecule has 0 aromatic heterocycles. The number of nitrogens with one attached hydrogen (secondary N) is 1. The standard InChI is InChI=1S/C19H30N2O5S2/c1-6-10-21(15-9-11-27(23,24)13-15)18(22)17-12-16(8-7-14(17)2)28(25,26)20-19(3,4)5/h7-8,12,15,20H,6,9-11,13H2,1-5H3. The van der Waals surface area contributed by atoms with Crippen molar-refractivity contribution in [1.82, 2.24) is 9.62 Å². The van der Waals surface area contributed by atoms with Gasteiger partial charge in [0.2, 0.25) is 10.0 Å². The number of sulfonamides is 1. The smallest absolute Gasteiger partial charge is 0.254 e. The average molecular weight is 431 g/mol. The lowest BCUT2D eigenvalue weighted by atomic mass is 10.1. The predicted molar refractivity (Wildman–Crippen MR) is 110 cm³/mol. The molecule has 1 unspecified atom stereocenters. The van der Waals surface area contributed by atoms with Gasteiger partial charge in [-0.3, -0.25) is 4.79 Å². The first-order valence-corrected chi connectivity index (χ1v) is 12.7. The topological polar surface area (TPSA) is 101 Å². The first-order chi connectivity index (χ1) is 12.8. The maximum atomic E-state index is 13.2. The van der Waals surface area contributed by atoms with Gasteiger partial charge >= 0.3 is 0 Å². The molecule has 28 heavy (non-hydrogen) atoms. The van der Waals surface area contributed by atoms with E-state index in [0.29, 0.717) is 24.9 Å². The third-order valence-corrected chi connectivity index (χ3v) is 8.07. The average Bonchev–Trinajstić information content (AvgIpc) is 2.89. The van der Waals surface area contributed by atoms with Gasteiger partial charge in [-0.2, -0.15) is 0 Å². The van der Waals surface area contributed by atoms with Gasteiger partial charge in [0.15, 0.2) is 9.84 Å². The second-order valence-corrected chi connectivity index (χ2v) is 12.3. The molecule has 0 spiro atoms. The minimum Gasteiger partial charge on any atom is -0.335 e. The van der Waals surface area contributed by atoms with Crippen LogP contribution in [0.3, 0.4) is 0 Å². The van der Waals surface area contributed by atoms with Crippen molar-refractivity contribution in [2.75, 3.05) is 18.1 Å². The molecule has 1 saturated heterocycles. The maximum Gasteiger partial charge on any atom is 0.254 e. The third-order valence-electron chi connectivity index (χ3n) is 4.56. The highest BCUT2D eigenvalue weighted by molar-refractivity contribution is 7.91. The predicted octanol–water partition coefficient (Wildman–Crippen LogP) is 2.11. The lowest BCUT2D eigenvalue weighted by molar-refractivity contribution is 0.0696. The molecule has 2 rings (SSSR count). The van der Waals surface area contributed by atoms with Crippen LogP contribution < -0.4 is 4.72 Å². The summed E-state index contributed by atoms with van der Waals surface area (Å²) in [4.78, 5) is 14.8. The highest BCUT2D eigenvalue weighted by Crippen LogP contribution is 2.24. The summed E-state index contributed by atoms with van der Waals surface area (Å²) in [5.74, 6) is -0.288. The van der Waals surface area contributed by atoms with Crippen LogP contribution in [0.4, 0.5) is 0 Å². The van der Waals surface area contributed by atoms with Gasteiger partial charge in [-0.15, -0.1) is 0 Å². The number of rotatable bonds is 6. The minimum atomic E-state index is -3.78. The number of carbonyl (C=O) groups excluding carboxylic acids is 1. The van der Waals surface area contributed by atoms with Crippen LogP contribution in [0.2, 0.25) is 0 Å². The fourth-order valence-corrected chi connectivity index (χ4v) is 6.50. The molecule has 1 N–H and O–H groups in total. The number of aryl methyl sites for hydroxylation is 1. The summed E-state index contributed by atoms with van der Waals surface area (Å²) in [7, 11) is -6.92. The summed E-state index contributed by atoms with van der Waals surface area (Å²) in [5.41, 5.74) is 0.288. The zero-order valence-electron chi connectivity index (χ0n) is 17.1. The summed E-state index contributed by atoms with van der Waals surface area (Å²) in [6.07, 6.45) is 1.10. The molecule has 1 fully saturated rings. The molecule has 158 valence electrons. The van der Waals surface area contributed by atoms with E-state index in [2.05, 4.69) is 4.72 Å². The number of carbonyl (C=O) groups is 1. The summed E-state index contributed by atoms with van der Waals surface area (Å²) in [5, 5.41) is 0. The van der Waals surface area contributed by atoms with Crippen LogP contribution in [-0.4, -0.2) is 57.3 Å². The van der Waals surface area contributed by atoms with Gasteiger partial charge in [-0.1, -0.05) is 13.0 Å². The van der Waals surface area contributed by atoms with E-state index in [1.165, 1.54) is 12.1 Å². The Morgan fingerprint density at radius 3 is 2.43 bits per heavy atom. The van der Waals surface area contributed by atoms with Gasteiger partial charge in [0.1, 0.15) is 0 Å². The number of hydrogen-bond donors (Lipinski definition) is 1. The number of sulfone groups is 1. The van der Waals surface area contributed by atoms with Crippen LogP contribution in [0.25, 0.3) is 0 Å². The Morgan fingerprint density at radius 2 is 1.93 bits per heavy atom. The van der Waals surface area contributed by atoms with Crippen LogP contribution in [0.15, 0.2) is 23.1 Å². The Hall–Kier alpha value is -1.45. The molecule has 1 aliphatic heterocycles. The zero-order chi connectivity index (χ0) is 21.3. The molecular formula is C19H30N2O5S2. The van der Waals surface area contributed by atoms with Gasteiger partial charge in [0, 0.05) is 23.7 Å². The van der Waals surface area contributed by atoms with Gasteiger partial charge < -0.3 is 4.90 Å². The van der Waals surface area contributed by atoms with E-state index in [1.807, 2.05) is 6.92 Å². The largest absolute Gasteiger partial charge is 0.335 e. The van der Waals surface area contributed by atoms with Crippen LogP contribution in [0.5, 0.6) is 0 Å². The number of hydrogen-bond acceptors (Lipinski definition) is 5. The summed E-state index contributed by atoms with van der Waals surface area (Å²) >= 11 is 0. The van der Waals surface area contributed by atoms with E-state index >= 15 is 0 Å². The van der Waals surface area contributed by atoms with Crippen molar-refractivity contribution in [3.8, 4) is 0 Å². The molecule has 7 nitrogen and oxygen atoms in total. The minimum absolute atomic E-state index is 0.0202. The van der Waals surface area contributed by atoms with Gasteiger partial charge in [-0.25, -0.2) is 21.6 Å². The Kier molecular flexibility index (Phi) is 6.62. The Balaban J connectivity index is 2.41. The Labute approximate surface area is 168 Å². The van der Waals surface area contributed by atoms with Crippen molar-refractivity contribution in [1.29, 1.82) is 0 Å². The lowest BCUT2D eigenvalue weighted by Gasteiger charge is -2.29. The first kappa shape index (κ1) is 22.8. The Morgan fingerprint density at radius 1 is 1.29 bits per heavy atom. The van der Waals surface area contributed by atoms with E-state index in [1.54, 1.807) is 38.7 Å². The van der Waals surface area contributed by atoms with E-state index in [0.717, 1.165) is 0 Å². The zero-order valence-corrected chi connectivity index (χ0v) is 18.8. The van der Waals surface area contributed by atoms with Crippen molar-refractivity contribution in [3.05, 3.63) is 29.3 Å². The summed E-state index contributed by atoms with van der Waals surface area (Å²) in [6.45, 7) is 9.33. The van der Waals surface area contributed by atoms with E-state index in [9.17, 15) is 21.6 Å². The molecule has 0 aliphatic carbocycles. The number of benzene rings is 1. The van der Waals surface area contributed by atoms with E-state index < -0.39 is 25.4 Å². The normalized spacial score (nSPS) is 19.5. The number of nitrogens with zero attached hydrogens (tertiary/aromatic N) is 1. The van der Waals surface area contributed by atoms with Crippen molar-refractivity contribution in [2.45, 2.75) is 63.9 Å². The molecular weight excluding hydrogens is 400 g/mol. The van der Waals surface area contributed by atoms with E-state index in [-0.39, 0.29) is 33.9 Å². The fraction of sp³-hybridized carbons (Fsp3) is 0.632. The quantitative estimate of drug-likeness (QED) is 0.745. The molecule has 1 atom stereocenters. The highest BCUT2D eigenvalue weighted by atomic mass is 32.2. The second-order valence-electron chi connectivity index (χ2n) is 8.39. The van der Waals surface area contributed by atoms with Crippen LogP contribution in [0, 0.1) is 6.92 Å². The molecule has 0 radical (unpaired) electrons. The Bertz CT molecular complexity index is 947. The highest BCUT2D eigenvalue weighted by Gasteiger charge is 2.35. The van der Waals surface area contributed by atoms with E-state index in [4.69, 9.17) is 0 Å². The summed E-state index contributed by atoms with van der Waals surface area (Å²) < 4.78 is 51.6. The molecule has 1 amide bonds. The molecule has 1 heterocycles. The van der Waals surface area contributed by atoms with Gasteiger partial charge in [0.25, 0.3) is 5.91 Å². The SMILES string of the molecule is CCCN(C(=O)c1cc(S(=O)(=O)NC(C)(C)C)ccc1C)C1CCS(=O)(=O)C1. The monoisotopic (exact) mass is 430 g/mol. The van der Waals surface area contributed by atoms with Crippen molar-refractivity contribution in [2.24, 2.45) is 0 Å². The van der Waals surface area contributed by atoms with Crippen LogP contribution in [0.1, 0.15) is 56.5 Å². The number of amides is 1. The molecule has 0 bridgehead atoms. The molecule has 1 aromatic rings. The summed E-state index contributed by atoms with van der Waals surface area (Å²) in [6, 6.07) is 4.10. The van der Waals surface area contributed by atoms with Crippen molar-refractivity contribution in [3.63, 3.8) is 0 Å². The second kappa shape index (κ2) is 8.12. The fourth-order valence-electron chi connectivity index (χ4n) is 3.33. The third kappa shape index (κ3) is 5.55. The van der Waals surface area contributed by atoms with Crippen LogP contribution in [-0.2, 0) is 19.9 Å². The van der Waals surface area contributed by atoms with Crippen molar-refractivity contribution >= 4 is 25.8 Å². The molecule has 1 aromatic carbocycles. The molecule has 1 aliphatic rings. The van der Waals surface area contributed by atoms with Gasteiger partial charge in [0.05, 0.1) is 16.4 Å². The van der Waals surface area contributed by atoms with Gasteiger partial charge in [-0.05, 0) is 58.2 Å². The lowest BCUT2D eigenvalue weighted by Crippen LogP contribution is -2.42. The first-order valence-electron chi connectivity index (χ1n) is 9.42. The molecule has 9 heteroatoms. The van der Waals surface area contributed by atoms with Crippen molar-refractivity contribution < 1.29 is 21.6 Å². The maximum absolute atomic E-state index is 13.2. The molecule has 0 saturated carbocycles.